The number of carbonyl (C=O) groups is 1. The minimum atomic E-state index is -1.11. The van der Waals surface area contributed by atoms with Crippen LogP contribution in [0.5, 0.6) is 0 Å². The number of carboxylic acids is 1. The van der Waals surface area contributed by atoms with Crippen LogP contribution < -0.4 is 5.11 Å². The lowest BCUT2D eigenvalue weighted by atomic mass is 9.97. The lowest BCUT2D eigenvalue weighted by molar-refractivity contribution is -0.306. The van der Waals surface area contributed by atoms with E-state index in [2.05, 4.69) is 4.98 Å². The second-order valence-electron chi connectivity index (χ2n) is 3.45. The van der Waals surface area contributed by atoms with Gasteiger partial charge in [0.2, 0.25) is 0 Å². The first-order valence-corrected chi connectivity index (χ1v) is 5.74. The van der Waals surface area contributed by atoms with Crippen LogP contribution in [0.4, 0.5) is 0 Å². The number of hydrogen-bond donors (Lipinski definition) is 0. The maximum Gasteiger partial charge on any atom is 0.0897 e. The summed E-state index contributed by atoms with van der Waals surface area (Å²) in [7, 11) is 0. The number of aryl methyl sites for hydroxylation is 1. The molecular weight excluding hydrogens is 222 g/mol. The van der Waals surface area contributed by atoms with Crippen LogP contribution in [0.1, 0.15) is 22.2 Å². The molecule has 1 atom stereocenters. The number of aromatic nitrogens is 1. The molecule has 4 heteroatoms. The SMILES string of the molecule is Cc1nc([C@@H](C(=O)[O-])c2ccccc2)cs1. The first-order valence-electron chi connectivity index (χ1n) is 4.86. The number of nitrogens with zero attached hydrogens (tertiary/aromatic N) is 1. The molecule has 82 valence electrons. The first kappa shape index (κ1) is 10.8. The van der Waals surface area contributed by atoms with Crippen molar-refractivity contribution >= 4 is 17.3 Å². The molecule has 1 aromatic heterocycles. The third-order valence-electron chi connectivity index (χ3n) is 2.30. The van der Waals surface area contributed by atoms with Gasteiger partial charge >= 0.3 is 0 Å². The van der Waals surface area contributed by atoms with Gasteiger partial charge in [0.05, 0.1) is 22.6 Å². The summed E-state index contributed by atoms with van der Waals surface area (Å²) in [4.78, 5) is 15.4. The molecule has 0 fully saturated rings. The minimum Gasteiger partial charge on any atom is -0.549 e. The number of rotatable bonds is 3. The van der Waals surface area contributed by atoms with E-state index in [0.717, 1.165) is 5.01 Å². The average molecular weight is 232 g/mol. The van der Waals surface area contributed by atoms with Crippen molar-refractivity contribution in [2.75, 3.05) is 0 Å². The number of thiazole rings is 1. The highest BCUT2D eigenvalue weighted by Crippen LogP contribution is 2.25. The third-order valence-corrected chi connectivity index (χ3v) is 3.09. The van der Waals surface area contributed by atoms with E-state index in [1.807, 2.05) is 25.1 Å². The Bertz CT molecular complexity index is 493. The summed E-state index contributed by atoms with van der Waals surface area (Å²) in [5.74, 6) is -1.89. The molecule has 0 aliphatic carbocycles. The van der Waals surface area contributed by atoms with Crippen molar-refractivity contribution in [2.45, 2.75) is 12.8 Å². The van der Waals surface area contributed by atoms with Gasteiger partial charge in [0.15, 0.2) is 0 Å². The Morgan fingerprint density at radius 3 is 2.56 bits per heavy atom. The summed E-state index contributed by atoms with van der Waals surface area (Å²) < 4.78 is 0. The van der Waals surface area contributed by atoms with Crippen molar-refractivity contribution in [3.8, 4) is 0 Å². The normalized spacial score (nSPS) is 12.3. The number of carbonyl (C=O) groups excluding carboxylic acids is 1. The lowest BCUT2D eigenvalue weighted by Crippen LogP contribution is -2.30. The van der Waals surface area contributed by atoms with Crippen LogP contribution >= 0.6 is 11.3 Å². The molecule has 2 aromatic rings. The van der Waals surface area contributed by atoms with Crippen LogP contribution in [-0.2, 0) is 4.79 Å². The zero-order chi connectivity index (χ0) is 11.5. The predicted octanol–water partition coefficient (Wildman–Crippen LogP) is 1.33. The molecule has 16 heavy (non-hydrogen) atoms. The summed E-state index contributed by atoms with van der Waals surface area (Å²) in [5, 5.41) is 13.8. The third kappa shape index (κ3) is 2.12. The van der Waals surface area contributed by atoms with Gasteiger partial charge in [-0.1, -0.05) is 30.3 Å². The van der Waals surface area contributed by atoms with E-state index in [0.29, 0.717) is 11.3 Å². The maximum absolute atomic E-state index is 11.2. The first-order chi connectivity index (χ1) is 7.68. The van der Waals surface area contributed by atoms with E-state index in [1.54, 1.807) is 17.5 Å². The van der Waals surface area contributed by atoms with Crippen LogP contribution in [0, 0.1) is 6.92 Å². The summed E-state index contributed by atoms with van der Waals surface area (Å²) in [5.41, 5.74) is 1.25. The fourth-order valence-corrected chi connectivity index (χ4v) is 2.22. The topological polar surface area (TPSA) is 53.0 Å². The van der Waals surface area contributed by atoms with E-state index in [9.17, 15) is 9.90 Å². The quantitative estimate of drug-likeness (QED) is 0.802. The maximum atomic E-state index is 11.2. The van der Waals surface area contributed by atoms with Crippen LogP contribution in [0.15, 0.2) is 35.7 Å². The Kier molecular flexibility index (Phi) is 3.01. The van der Waals surface area contributed by atoms with Crippen LogP contribution in [0.2, 0.25) is 0 Å². The highest BCUT2D eigenvalue weighted by Gasteiger charge is 2.17. The van der Waals surface area contributed by atoms with Crippen molar-refractivity contribution < 1.29 is 9.90 Å². The van der Waals surface area contributed by atoms with E-state index in [-0.39, 0.29) is 0 Å². The van der Waals surface area contributed by atoms with Crippen molar-refractivity contribution in [1.82, 2.24) is 4.98 Å². The Morgan fingerprint density at radius 2 is 2.06 bits per heavy atom. The second-order valence-corrected chi connectivity index (χ2v) is 4.52. The molecule has 1 aromatic carbocycles. The number of carboxylic acid groups (broad SMARTS) is 1. The molecule has 0 amide bonds. The summed E-state index contributed by atoms with van der Waals surface area (Å²) in [6, 6.07) is 9.02. The molecule has 0 saturated heterocycles. The van der Waals surface area contributed by atoms with Gasteiger partial charge in [0.1, 0.15) is 0 Å². The molecule has 0 N–H and O–H groups in total. The van der Waals surface area contributed by atoms with Crippen molar-refractivity contribution in [3.05, 3.63) is 52.0 Å². The number of benzene rings is 1. The van der Waals surface area contributed by atoms with Gasteiger partial charge in [0, 0.05) is 5.38 Å². The van der Waals surface area contributed by atoms with E-state index < -0.39 is 11.9 Å². The monoisotopic (exact) mass is 232 g/mol. The Balaban J connectivity index is 2.43. The molecule has 0 aliphatic heterocycles. The zero-order valence-electron chi connectivity index (χ0n) is 8.71. The zero-order valence-corrected chi connectivity index (χ0v) is 9.53. The highest BCUT2D eigenvalue weighted by molar-refractivity contribution is 7.09. The molecule has 0 aliphatic rings. The molecule has 1 heterocycles. The molecular formula is C12H10NO2S-. The summed E-state index contributed by atoms with van der Waals surface area (Å²) in [6.07, 6.45) is 0. The van der Waals surface area contributed by atoms with E-state index >= 15 is 0 Å². The Labute approximate surface area is 97.4 Å². The van der Waals surface area contributed by atoms with Crippen molar-refractivity contribution in [3.63, 3.8) is 0 Å². The second kappa shape index (κ2) is 4.45. The molecule has 0 radical (unpaired) electrons. The summed E-state index contributed by atoms with van der Waals surface area (Å²) in [6.45, 7) is 1.85. The lowest BCUT2D eigenvalue weighted by Gasteiger charge is -2.16. The largest absolute Gasteiger partial charge is 0.549 e. The summed E-state index contributed by atoms with van der Waals surface area (Å²) >= 11 is 1.44. The highest BCUT2D eigenvalue weighted by atomic mass is 32.1. The standard InChI is InChI=1S/C12H11NO2S/c1-8-13-10(7-16-8)11(12(14)15)9-5-3-2-4-6-9/h2-7,11H,1H3,(H,14,15)/p-1/t11-/m0/s1. The van der Waals surface area contributed by atoms with E-state index in [4.69, 9.17) is 0 Å². The molecule has 3 nitrogen and oxygen atoms in total. The fraction of sp³-hybridized carbons (Fsp3) is 0.167. The fourth-order valence-electron chi connectivity index (χ4n) is 1.59. The van der Waals surface area contributed by atoms with E-state index in [1.165, 1.54) is 11.3 Å². The Hall–Kier alpha value is -1.68. The van der Waals surface area contributed by atoms with Crippen molar-refractivity contribution in [1.29, 1.82) is 0 Å². The molecule has 2 rings (SSSR count). The predicted molar refractivity (Wildman–Crippen MR) is 60.1 cm³/mol. The van der Waals surface area contributed by atoms with Gasteiger partial charge in [-0.3, -0.25) is 0 Å². The minimum absolute atomic E-state index is 0.550. The molecule has 0 unspecified atom stereocenters. The Morgan fingerprint density at radius 1 is 1.38 bits per heavy atom. The van der Waals surface area contributed by atoms with Crippen LogP contribution in [0.3, 0.4) is 0 Å². The van der Waals surface area contributed by atoms with Gasteiger partial charge in [-0.05, 0) is 12.5 Å². The van der Waals surface area contributed by atoms with Crippen molar-refractivity contribution in [2.24, 2.45) is 0 Å². The number of hydrogen-bond acceptors (Lipinski definition) is 4. The van der Waals surface area contributed by atoms with Crippen LogP contribution in [-0.4, -0.2) is 11.0 Å². The number of aliphatic carboxylic acids is 1. The average Bonchev–Trinajstić information content (AvgIpc) is 2.66. The van der Waals surface area contributed by atoms with Gasteiger partial charge < -0.3 is 9.90 Å². The van der Waals surface area contributed by atoms with Gasteiger partial charge in [-0.25, -0.2) is 4.98 Å². The van der Waals surface area contributed by atoms with Gasteiger partial charge in [-0.2, -0.15) is 0 Å². The molecule has 0 bridgehead atoms. The van der Waals surface area contributed by atoms with Crippen LogP contribution in [0.25, 0.3) is 0 Å². The molecule has 0 spiro atoms. The molecule has 0 saturated carbocycles. The van der Waals surface area contributed by atoms with Gasteiger partial charge in [-0.15, -0.1) is 11.3 Å². The smallest absolute Gasteiger partial charge is 0.0897 e. The van der Waals surface area contributed by atoms with Gasteiger partial charge in [0.25, 0.3) is 0 Å².